The van der Waals surface area contributed by atoms with Crippen molar-refractivity contribution >= 4 is 43.4 Å². The van der Waals surface area contributed by atoms with E-state index in [4.69, 9.17) is 15.5 Å². The molecule has 44 heavy (non-hydrogen) atoms. The van der Waals surface area contributed by atoms with E-state index in [1.165, 1.54) is 25.1 Å². The molecule has 2 saturated heterocycles. The fraction of sp³-hybridized carbons (Fsp3) is 0.533. The van der Waals surface area contributed by atoms with Gasteiger partial charge in [-0.15, -0.1) is 0 Å². The smallest absolute Gasteiger partial charge is 0.420 e. The van der Waals surface area contributed by atoms with Crippen LogP contribution in [0.3, 0.4) is 0 Å². The number of anilines is 2. The highest BCUT2D eigenvalue weighted by Gasteiger charge is 2.45. The normalized spacial score (nSPS) is 20.6. The molecule has 5 heterocycles. The number of benzene rings is 1. The Bertz CT molecular complexity index is 1700. The third kappa shape index (κ3) is 5.51. The summed E-state index contributed by atoms with van der Waals surface area (Å²) in [6.45, 7) is 7.22. The maximum atomic E-state index is 15.1. The van der Waals surface area contributed by atoms with Gasteiger partial charge in [-0.25, -0.2) is 9.37 Å². The summed E-state index contributed by atoms with van der Waals surface area (Å²) in [5.74, 6) is -0.249. The second-order valence-corrected chi connectivity index (χ2v) is 13.2. The molecule has 0 spiro atoms. The Hall–Kier alpha value is -3.36. The number of alkyl halides is 3. The van der Waals surface area contributed by atoms with Crippen LogP contribution < -0.4 is 20.7 Å². The molecule has 3 aliphatic rings. The van der Waals surface area contributed by atoms with Crippen molar-refractivity contribution in [2.75, 3.05) is 56.5 Å². The highest BCUT2D eigenvalue weighted by Crippen LogP contribution is 2.48. The van der Waals surface area contributed by atoms with E-state index in [0.29, 0.717) is 32.1 Å². The lowest BCUT2D eigenvalue weighted by atomic mass is 10.0. The van der Waals surface area contributed by atoms with Gasteiger partial charge in [-0.05, 0) is 57.3 Å². The molecule has 234 valence electrons. The predicted molar refractivity (Wildman–Crippen MR) is 162 cm³/mol. The van der Waals surface area contributed by atoms with E-state index in [1.54, 1.807) is 0 Å². The fourth-order valence-corrected chi connectivity index (χ4v) is 7.23. The maximum absolute atomic E-state index is 15.1. The van der Waals surface area contributed by atoms with Crippen molar-refractivity contribution in [3.63, 3.8) is 0 Å². The van der Waals surface area contributed by atoms with Crippen molar-refractivity contribution in [3.05, 3.63) is 29.7 Å². The molecule has 1 aliphatic carbocycles. The number of piperazine rings is 1. The largest absolute Gasteiger partial charge is 0.463 e. The number of nitrogens with one attached hydrogen (secondary N) is 1. The molecule has 1 atom stereocenters. The summed E-state index contributed by atoms with van der Waals surface area (Å²) in [6.07, 6.45) is 1.75. The Morgan fingerprint density at radius 2 is 1.91 bits per heavy atom. The lowest BCUT2D eigenvalue weighted by Gasteiger charge is -2.34. The molecule has 1 saturated carbocycles. The van der Waals surface area contributed by atoms with E-state index in [-0.39, 0.29) is 49.3 Å². The third-order valence-corrected chi connectivity index (χ3v) is 9.92. The van der Waals surface area contributed by atoms with Gasteiger partial charge in [-0.3, -0.25) is 4.98 Å². The van der Waals surface area contributed by atoms with Crippen molar-refractivity contribution in [2.24, 2.45) is 5.41 Å². The molecule has 9 nitrogen and oxygen atoms in total. The first kappa shape index (κ1) is 29.4. The molecule has 1 unspecified atom stereocenters. The number of nitrogens with two attached hydrogens (primary N) is 1. The van der Waals surface area contributed by atoms with Crippen LogP contribution in [0.4, 0.5) is 28.5 Å². The van der Waals surface area contributed by atoms with Gasteiger partial charge in [0, 0.05) is 49.4 Å². The van der Waals surface area contributed by atoms with Crippen LogP contribution in [0, 0.1) is 11.2 Å². The molecular weight excluding hydrogens is 596 g/mol. The van der Waals surface area contributed by atoms with E-state index in [9.17, 15) is 4.39 Å². The lowest BCUT2D eigenvalue weighted by molar-refractivity contribution is -0.136. The van der Waals surface area contributed by atoms with E-state index >= 15 is 13.2 Å². The maximum Gasteiger partial charge on any atom is 0.420 e. The fourth-order valence-electron chi connectivity index (χ4n) is 6.46. The number of nitrogen functional groups attached to an aromatic ring is 1. The van der Waals surface area contributed by atoms with Gasteiger partial charge in [0.05, 0.1) is 33.4 Å². The van der Waals surface area contributed by atoms with Gasteiger partial charge in [0.15, 0.2) is 5.13 Å². The lowest BCUT2D eigenvalue weighted by Crippen LogP contribution is -2.50. The van der Waals surface area contributed by atoms with Crippen LogP contribution in [-0.4, -0.2) is 76.8 Å². The second-order valence-electron chi connectivity index (χ2n) is 12.2. The number of pyridine rings is 1. The number of aromatic nitrogens is 4. The van der Waals surface area contributed by atoms with E-state index in [0.717, 1.165) is 56.3 Å². The van der Waals surface area contributed by atoms with Gasteiger partial charge < -0.3 is 25.6 Å². The van der Waals surface area contributed by atoms with Crippen LogP contribution in [0.2, 0.25) is 0 Å². The Kier molecular flexibility index (Phi) is 7.48. The second kappa shape index (κ2) is 11.2. The molecule has 0 amide bonds. The average Bonchev–Trinajstić information content (AvgIpc) is 3.35. The molecule has 2 aliphatic heterocycles. The number of hydrogen-bond donors (Lipinski definition) is 2. The van der Waals surface area contributed by atoms with E-state index < -0.39 is 23.3 Å². The van der Waals surface area contributed by atoms with Crippen LogP contribution in [0.15, 0.2) is 18.3 Å². The van der Waals surface area contributed by atoms with Crippen molar-refractivity contribution in [2.45, 2.75) is 51.2 Å². The first-order chi connectivity index (χ1) is 21.1. The molecule has 3 fully saturated rings. The third-order valence-electron chi connectivity index (χ3n) is 9.02. The Labute approximate surface area is 255 Å². The van der Waals surface area contributed by atoms with Gasteiger partial charge in [0.2, 0.25) is 0 Å². The van der Waals surface area contributed by atoms with Crippen LogP contribution in [0.5, 0.6) is 6.01 Å². The summed E-state index contributed by atoms with van der Waals surface area (Å²) < 4.78 is 66.1. The highest BCUT2D eigenvalue weighted by atomic mass is 32.1. The van der Waals surface area contributed by atoms with Crippen molar-refractivity contribution < 1.29 is 22.3 Å². The number of rotatable bonds is 8. The van der Waals surface area contributed by atoms with Gasteiger partial charge in [-0.1, -0.05) is 18.3 Å². The minimum atomic E-state index is -4.85. The summed E-state index contributed by atoms with van der Waals surface area (Å²) in [4.78, 5) is 22.0. The zero-order valence-electron chi connectivity index (χ0n) is 24.4. The first-order valence-electron chi connectivity index (χ1n) is 15.1. The standard InChI is InChI=1S/C30H34F4N8OS/c1-2-17-14-42(12-9-36-17)26-19-13-37-22(18-5-6-20(31)25-24(18)38-27(35)44-25)21(30(32,33)34)23(19)39-28(40-26)43-16-29(7-8-29)15-41-10-3-4-11-41/h5-6,13,17,36H,2-4,7-12,14-16H2,1H3,(H2,35,38). The number of hydrogen-bond acceptors (Lipinski definition) is 10. The van der Waals surface area contributed by atoms with Gasteiger partial charge in [0.25, 0.3) is 0 Å². The molecule has 4 aromatic rings. The summed E-state index contributed by atoms with van der Waals surface area (Å²) in [5.41, 5.74) is 4.12. The molecule has 3 N–H and O–H groups in total. The van der Waals surface area contributed by atoms with Crippen LogP contribution in [0.25, 0.3) is 32.4 Å². The number of halogens is 4. The minimum absolute atomic E-state index is 0.0288. The molecule has 7 rings (SSSR count). The average molecular weight is 631 g/mol. The van der Waals surface area contributed by atoms with Gasteiger partial charge in [0.1, 0.15) is 17.2 Å². The van der Waals surface area contributed by atoms with Crippen molar-refractivity contribution in [3.8, 4) is 17.3 Å². The highest BCUT2D eigenvalue weighted by molar-refractivity contribution is 7.22. The van der Waals surface area contributed by atoms with Crippen LogP contribution >= 0.6 is 11.3 Å². The Balaban J connectivity index is 1.37. The topological polar surface area (TPSA) is 105 Å². The monoisotopic (exact) mass is 630 g/mol. The summed E-state index contributed by atoms with van der Waals surface area (Å²) in [7, 11) is 0. The number of thiazole rings is 1. The minimum Gasteiger partial charge on any atom is -0.463 e. The summed E-state index contributed by atoms with van der Waals surface area (Å²) >= 11 is 0.877. The van der Waals surface area contributed by atoms with Crippen LogP contribution in [0.1, 0.15) is 44.6 Å². The zero-order valence-corrected chi connectivity index (χ0v) is 25.2. The van der Waals surface area contributed by atoms with E-state index in [2.05, 4.69) is 32.1 Å². The molecular formula is C30H34F4N8OS. The van der Waals surface area contributed by atoms with Gasteiger partial charge >= 0.3 is 12.2 Å². The first-order valence-corrected chi connectivity index (χ1v) is 15.9. The SMILES string of the molecule is CCC1CN(c2nc(OCC3(CN4CCCC4)CC3)nc3c(C(F)(F)F)c(-c4ccc(F)c5sc(N)nc45)ncc23)CCN1. The Morgan fingerprint density at radius 3 is 2.64 bits per heavy atom. The molecule has 14 heteroatoms. The zero-order chi connectivity index (χ0) is 30.6. The van der Waals surface area contributed by atoms with Gasteiger partial charge in [-0.2, -0.15) is 23.1 Å². The number of likely N-dealkylation sites (tertiary alicyclic amines) is 1. The molecule has 1 aromatic carbocycles. The summed E-state index contributed by atoms with van der Waals surface area (Å²) in [5, 5.41) is 3.67. The molecule has 3 aromatic heterocycles. The quantitative estimate of drug-likeness (QED) is 0.245. The van der Waals surface area contributed by atoms with Crippen molar-refractivity contribution in [1.82, 2.24) is 30.2 Å². The van der Waals surface area contributed by atoms with Crippen molar-refractivity contribution in [1.29, 1.82) is 0 Å². The predicted octanol–water partition coefficient (Wildman–Crippen LogP) is 5.48. The number of nitrogens with zero attached hydrogens (tertiary/aromatic N) is 6. The van der Waals surface area contributed by atoms with Crippen LogP contribution in [-0.2, 0) is 6.18 Å². The molecule has 0 radical (unpaired) electrons. The Morgan fingerprint density at radius 1 is 1.11 bits per heavy atom. The number of fused-ring (bicyclic) bond motifs is 2. The number of ether oxygens (including phenoxy) is 1. The molecule has 0 bridgehead atoms. The summed E-state index contributed by atoms with van der Waals surface area (Å²) in [6, 6.07) is 2.45. The van der Waals surface area contributed by atoms with E-state index in [1.807, 2.05) is 4.90 Å².